The number of aromatic nitrogens is 4. The third-order valence-corrected chi connectivity index (χ3v) is 9.55. The maximum atomic E-state index is 11.9. The van der Waals surface area contributed by atoms with Gasteiger partial charge in [0, 0.05) is 20.6 Å². The molecule has 0 bridgehead atoms. The molecule has 182 valence electrons. The molecule has 2 aliphatic rings. The summed E-state index contributed by atoms with van der Waals surface area (Å²) in [5.41, 5.74) is 3.67. The number of fused-ring (bicyclic) bond motifs is 2. The number of hydrogen-bond donors (Lipinski definition) is 1. The van der Waals surface area contributed by atoms with E-state index in [9.17, 15) is 5.11 Å². The zero-order valence-corrected chi connectivity index (χ0v) is 21.7. The first-order chi connectivity index (χ1) is 15.5. The van der Waals surface area contributed by atoms with Crippen molar-refractivity contribution in [3.05, 3.63) is 29.8 Å². The summed E-state index contributed by atoms with van der Waals surface area (Å²) >= 11 is 0. The highest BCUT2D eigenvalue weighted by molar-refractivity contribution is 5.69. The number of aryl methyl sites for hydroxylation is 1. The fraction of sp³-hybridized carbons (Fsp3) is 0.741. The molecular formula is C27H43N5O. The molecule has 4 unspecified atom stereocenters. The lowest BCUT2D eigenvalue weighted by Gasteiger charge is -2.62. The summed E-state index contributed by atoms with van der Waals surface area (Å²) in [6.45, 7) is 12.5. The first-order valence-electron chi connectivity index (χ1n) is 12.7. The van der Waals surface area contributed by atoms with Crippen molar-refractivity contribution in [3.8, 4) is 0 Å². The molecule has 6 nitrogen and oxygen atoms in total. The van der Waals surface area contributed by atoms with Gasteiger partial charge in [-0.2, -0.15) is 0 Å². The smallest absolute Gasteiger partial charge is 0.176 e. The third kappa shape index (κ3) is 3.98. The van der Waals surface area contributed by atoms with E-state index in [0.717, 1.165) is 61.7 Å². The van der Waals surface area contributed by atoms with Crippen LogP contribution in [0, 0.1) is 22.7 Å². The lowest BCUT2D eigenvalue weighted by Crippen LogP contribution is -2.62. The molecule has 33 heavy (non-hydrogen) atoms. The first kappa shape index (κ1) is 24.2. The molecule has 0 aliphatic heterocycles. The second kappa shape index (κ2) is 8.68. The molecule has 4 atom stereocenters. The van der Waals surface area contributed by atoms with Gasteiger partial charge in [0.05, 0.1) is 18.3 Å². The summed E-state index contributed by atoms with van der Waals surface area (Å²) in [5, 5.41) is 11.9. The van der Waals surface area contributed by atoms with Crippen LogP contribution < -0.4 is 5.49 Å². The van der Waals surface area contributed by atoms with Crippen LogP contribution in [-0.2, 0) is 13.6 Å². The van der Waals surface area contributed by atoms with Crippen LogP contribution in [0.1, 0.15) is 79.6 Å². The zero-order valence-electron chi connectivity index (χ0n) is 21.7. The Hall–Kier alpha value is -1.95. The van der Waals surface area contributed by atoms with E-state index in [4.69, 9.17) is 0 Å². The lowest BCUT2D eigenvalue weighted by molar-refractivity contribution is -0.212. The second-order valence-electron chi connectivity index (χ2n) is 11.7. The predicted molar refractivity (Wildman–Crippen MR) is 134 cm³/mol. The Morgan fingerprint density at radius 3 is 2.70 bits per heavy atom. The van der Waals surface area contributed by atoms with Gasteiger partial charge in [-0.1, -0.05) is 45.8 Å². The summed E-state index contributed by atoms with van der Waals surface area (Å²) in [7, 11) is 3.74. The molecule has 2 heterocycles. The molecule has 0 saturated heterocycles. The molecule has 0 aromatic carbocycles. The van der Waals surface area contributed by atoms with Crippen LogP contribution in [0.4, 0.5) is 0 Å². The standard InChI is InChI=1S/C27H43N5O/c1-19(12-16-32-18-30-24-22(32)23(28-6)29-17-31(24)7)10-14-26(5)20(2)11-15-27(33)21(26)9-8-13-25(27,3)4/h12,17-18,20-21,33H,8-11,13-16H2,1-7H3. The van der Waals surface area contributed by atoms with Gasteiger partial charge in [0.2, 0.25) is 0 Å². The predicted octanol–water partition coefficient (Wildman–Crippen LogP) is 5.02. The average Bonchev–Trinajstić information content (AvgIpc) is 3.21. The van der Waals surface area contributed by atoms with E-state index in [0.29, 0.717) is 11.8 Å². The van der Waals surface area contributed by atoms with Gasteiger partial charge in [-0.25, -0.2) is 9.97 Å². The molecule has 2 aliphatic carbocycles. The van der Waals surface area contributed by atoms with Gasteiger partial charge >= 0.3 is 0 Å². The normalized spacial score (nSPS) is 32.8. The molecule has 1 N–H and O–H groups in total. The maximum Gasteiger partial charge on any atom is 0.176 e. The Bertz CT molecular complexity index is 1110. The largest absolute Gasteiger partial charge is 0.389 e. The fourth-order valence-electron chi connectivity index (χ4n) is 6.83. The van der Waals surface area contributed by atoms with Gasteiger partial charge in [0.1, 0.15) is 5.52 Å². The van der Waals surface area contributed by atoms with Crippen molar-refractivity contribution in [1.29, 1.82) is 0 Å². The number of allylic oxidation sites excluding steroid dienone is 2. The Balaban J connectivity index is 1.52. The van der Waals surface area contributed by atoms with Gasteiger partial charge in [-0.05, 0) is 68.1 Å². The number of rotatable bonds is 5. The van der Waals surface area contributed by atoms with Gasteiger partial charge < -0.3 is 14.2 Å². The zero-order chi connectivity index (χ0) is 24.0. The highest BCUT2D eigenvalue weighted by Crippen LogP contribution is 2.62. The molecular weight excluding hydrogens is 410 g/mol. The van der Waals surface area contributed by atoms with Crippen LogP contribution in [0.25, 0.3) is 11.2 Å². The fourth-order valence-corrected chi connectivity index (χ4v) is 6.83. The van der Waals surface area contributed by atoms with Crippen molar-refractivity contribution in [1.82, 2.24) is 19.1 Å². The molecule has 4 rings (SSSR count). The number of nitrogens with zero attached hydrogens (tertiary/aromatic N) is 5. The van der Waals surface area contributed by atoms with Crippen LogP contribution in [0.3, 0.4) is 0 Å². The highest BCUT2D eigenvalue weighted by Gasteiger charge is 2.60. The van der Waals surface area contributed by atoms with Gasteiger partial charge in [-0.15, -0.1) is 0 Å². The van der Waals surface area contributed by atoms with E-state index >= 15 is 0 Å². The van der Waals surface area contributed by atoms with Crippen molar-refractivity contribution in [2.45, 2.75) is 91.7 Å². The van der Waals surface area contributed by atoms with Crippen molar-refractivity contribution in [2.75, 3.05) is 7.05 Å². The van der Waals surface area contributed by atoms with E-state index in [2.05, 4.69) is 60.2 Å². The van der Waals surface area contributed by atoms with Gasteiger partial charge in [0.25, 0.3) is 0 Å². The number of aliphatic hydroxyl groups is 1. The van der Waals surface area contributed by atoms with Crippen molar-refractivity contribution < 1.29 is 5.11 Å². The first-order valence-corrected chi connectivity index (χ1v) is 12.7. The molecule has 6 heteroatoms. The highest BCUT2D eigenvalue weighted by atomic mass is 16.3. The van der Waals surface area contributed by atoms with E-state index in [1.807, 2.05) is 17.9 Å². The molecule has 0 radical (unpaired) electrons. The SMILES string of the molecule is CN=c1ncn(C)c2ncn(CC=C(C)CCC3(C)C(C)CCC4(O)C3CCCC4(C)C)c12. The van der Waals surface area contributed by atoms with Gasteiger partial charge in [0.15, 0.2) is 11.1 Å². The minimum absolute atomic E-state index is 0.0108. The van der Waals surface area contributed by atoms with E-state index < -0.39 is 5.60 Å². The molecule has 2 saturated carbocycles. The average molecular weight is 454 g/mol. The van der Waals surface area contributed by atoms with E-state index in [1.54, 1.807) is 13.4 Å². The Kier molecular flexibility index (Phi) is 6.36. The summed E-state index contributed by atoms with van der Waals surface area (Å²) in [5.74, 6) is 1.03. The second-order valence-corrected chi connectivity index (χ2v) is 11.7. The quantitative estimate of drug-likeness (QED) is 0.646. The Morgan fingerprint density at radius 2 is 1.97 bits per heavy atom. The Labute approximate surface area is 198 Å². The summed E-state index contributed by atoms with van der Waals surface area (Å²) < 4.78 is 4.08. The third-order valence-electron chi connectivity index (χ3n) is 9.55. The van der Waals surface area contributed by atoms with Crippen LogP contribution >= 0.6 is 0 Å². The van der Waals surface area contributed by atoms with Crippen molar-refractivity contribution in [3.63, 3.8) is 0 Å². The Morgan fingerprint density at radius 1 is 1.21 bits per heavy atom. The molecule has 0 amide bonds. The van der Waals surface area contributed by atoms with Crippen molar-refractivity contribution >= 4 is 11.2 Å². The van der Waals surface area contributed by atoms with E-state index in [1.165, 1.54) is 12.0 Å². The molecule has 0 spiro atoms. The molecule has 2 fully saturated rings. The van der Waals surface area contributed by atoms with Crippen LogP contribution in [0.15, 0.2) is 29.3 Å². The summed E-state index contributed by atoms with van der Waals surface area (Å²) in [4.78, 5) is 13.4. The van der Waals surface area contributed by atoms with Crippen molar-refractivity contribution in [2.24, 2.45) is 34.7 Å². The maximum absolute atomic E-state index is 11.9. The minimum atomic E-state index is -0.525. The van der Waals surface area contributed by atoms with Crippen LogP contribution in [-0.4, -0.2) is 36.9 Å². The monoisotopic (exact) mass is 453 g/mol. The van der Waals surface area contributed by atoms with Crippen LogP contribution in [0.2, 0.25) is 0 Å². The van der Waals surface area contributed by atoms with Crippen LogP contribution in [0.5, 0.6) is 0 Å². The minimum Gasteiger partial charge on any atom is -0.389 e. The summed E-state index contributed by atoms with van der Waals surface area (Å²) in [6, 6.07) is 0. The topological polar surface area (TPSA) is 68.2 Å². The molecule has 2 aromatic heterocycles. The summed E-state index contributed by atoms with van der Waals surface area (Å²) in [6.07, 6.45) is 13.8. The van der Waals surface area contributed by atoms with E-state index in [-0.39, 0.29) is 10.8 Å². The number of hydrogen-bond acceptors (Lipinski definition) is 4. The lowest BCUT2D eigenvalue weighted by atomic mass is 9.45. The number of imidazole rings is 1. The molecule has 2 aromatic rings. The van der Waals surface area contributed by atoms with Gasteiger partial charge in [-0.3, -0.25) is 4.99 Å².